The highest BCUT2D eigenvalue weighted by molar-refractivity contribution is 5.99. The van der Waals surface area contributed by atoms with E-state index in [1.807, 2.05) is 49.4 Å². The van der Waals surface area contributed by atoms with Crippen molar-refractivity contribution in [3.05, 3.63) is 77.6 Å². The van der Waals surface area contributed by atoms with Gasteiger partial charge in [-0.3, -0.25) is 4.68 Å². The van der Waals surface area contributed by atoms with Crippen LogP contribution in [0.15, 0.2) is 60.7 Å². The molecule has 8 heteroatoms. The van der Waals surface area contributed by atoms with Gasteiger partial charge in [0, 0.05) is 39.8 Å². The average Bonchev–Trinajstić information content (AvgIpc) is 3.65. The van der Waals surface area contributed by atoms with Gasteiger partial charge < -0.3 is 24.3 Å². The Bertz CT molecular complexity index is 1660. The SMILES string of the molecule is Cc1nn(C2CCOC2)c(C)c1-c1cccc2c(CCCOc3cccc4ccccc34)c(OC(=O)O)[nH]c12. The summed E-state index contributed by atoms with van der Waals surface area (Å²) < 4.78 is 19.0. The zero-order chi connectivity index (χ0) is 26.9. The van der Waals surface area contributed by atoms with Crippen molar-refractivity contribution in [3.8, 4) is 22.8 Å². The molecule has 1 fully saturated rings. The molecule has 3 aromatic carbocycles. The third kappa shape index (κ3) is 4.72. The highest BCUT2D eigenvalue weighted by Crippen LogP contribution is 2.39. The van der Waals surface area contributed by atoms with Gasteiger partial charge in [0.1, 0.15) is 5.75 Å². The maximum absolute atomic E-state index is 11.6. The molecule has 8 nitrogen and oxygen atoms in total. The monoisotopic (exact) mass is 525 g/mol. The van der Waals surface area contributed by atoms with Crippen LogP contribution in [-0.4, -0.2) is 45.8 Å². The summed E-state index contributed by atoms with van der Waals surface area (Å²) in [4.78, 5) is 14.8. The van der Waals surface area contributed by atoms with Crippen LogP contribution in [0.5, 0.6) is 11.6 Å². The van der Waals surface area contributed by atoms with Gasteiger partial charge in [0.05, 0.1) is 30.5 Å². The fourth-order valence-corrected chi connectivity index (χ4v) is 5.76. The van der Waals surface area contributed by atoms with E-state index in [-0.39, 0.29) is 11.9 Å². The van der Waals surface area contributed by atoms with Crippen molar-refractivity contribution in [3.63, 3.8) is 0 Å². The fourth-order valence-electron chi connectivity index (χ4n) is 5.76. The van der Waals surface area contributed by atoms with Gasteiger partial charge in [-0.25, -0.2) is 4.79 Å². The second kappa shape index (κ2) is 10.5. The number of rotatable bonds is 8. The van der Waals surface area contributed by atoms with E-state index in [0.717, 1.165) is 68.5 Å². The molecule has 0 radical (unpaired) electrons. The number of hydrogen-bond acceptors (Lipinski definition) is 5. The molecule has 6 rings (SSSR count). The summed E-state index contributed by atoms with van der Waals surface area (Å²) >= 11 is 0. The first-order chi connectivity index (χ1) is 19.0. The second-order valence-corrected chi connectivity index (χ2v) is 9.97. The van der Waals surface area contributed by atoms with E-state index in [1.54, 1.807) is 0 Å². The second-order valence-electron chi connectivity index (χ2n) is 9.97. The normalized spacial score (nSPS) is 15.3. The summed E-state index contributed by atoms with van der Waals surface area (Å²) in [6, 6.07) is 20.4. The molecular formula is C31H31N3O5. The van der Waals surface area contributed by atoms with E-state index >= 15 is 0 Å². The zero-order valence-corrected chi connectivity index (χ0v) is 22.1. The molecule has 5 aromatic rings. The molecule has 1 unspecified atom stereocenters. The van der Waals surface area contributed by atoms with Crippen LogP contribution in [0.1, 0.15) is 35.8 Å². The van der Waals surface area contributed by atoms with Gasteiger partial charge in [0.15, 0.2) is 0 Å². The van der Waals surface area contributed by atoms with Gasteiger partial charge in [-0.15, -0.1) is 0 Å². The van der Waals surface area contributed by atoms with Crippen LogP contribution in [0.4, 0.5) is 4.79 Å². The number of aromatic amines is 1. The number of H-pyrrole nitrogens is 1. The highest BCUT2D eigenvalue weighted by Gasteiger charge is 2.25. The van der Waals surface area contributed by atoms with Crippen LogP contribution >= 0.6 is 0 Å². The molecule has 3 heterocycles. The van der Waals surface area contributed by atoms with Gasteiger partial charge in [-0.2, -0.15) is 5.10 Å². The lowest BCUT2D eigenvalue weighted by molar-refractivity contribution is 0.142. The predicted octanol–water partition coefficient (Wildman–Crippen LogP) is 6.83. The Balaban J connectivity index is 1.30. The minimum absolute atomic E-state index is 0.225. The van der Waals surface area contributed by atoms with Crippen molar-refractivity contribution >= 4 is 27.8 Å². The van der Waals surface area contributed by atoms with Gasteiger partial charge in [0.25, 0.3) is 0 Å². The summed E-state index contributed by atoms with van der Waals surface area (Å²) in [6.45, 7) is 5.98. The lowest BCUT2D eigenvalue weighted by Crippen LogP contribution is -2.12. The van der Waals surface area contributed by atoms with E-state index in [2.05, 4.69) is 34.8 Å². The van der Waals surface area contributed by atoms with Crippen molar-refractivity contribution in [1.29, 1.82) is 0 Å². The van der Waals surface area contributed by atoms with Crippen LogP contribution in [0.25, 0.3) is 32.8 Å². The largest absolute Gasteiger partial charge is 0.512 e. The molecule has 0 spiro atoms. The Morgan fingerprint density at radius 1 is 1.10 bits per heavy atom. The van der Waals surface area contributed by atoms with Crippen molar-refractivity contribution in [2.24, 2.45) is 0 Å². The molecule has 2 aromatic heterocycles. The lowest BCUT2D eigenvalue weighted by atomic mass is 9.99. The number of carboxylic acid groups (broad SMARTS) is 1. The predicted molar refractivity (Wildman–Crippen MR) is 150 cm³/mol. The summed E-state index contributed by atoms with van der Waals surface area (Å²) in [7, 11) is 0. The van der Waals surface area contributed by atoms with Crippen LogP contribution in [-0.2, 0) is 11.2 Å². The molecular weight excluding hydrogens is 494 g/mol. The molecule has 2 N–H and O–H groups in total. The van der Waals surface area contributed by atoms with Crippen molar-refractivity contribution < 1.29 is 24.1 Å². The fraction of sp³-hybridized carbons (Fsp3) is 0.290. The summed E-state index contributed by atoms with van der Waals surface area (Å²) in [5.41, 5.74) is 5.67. The molecule has 0 amide bonds. The molecule has 1 aliphatic rings. The van der Waals surface area contributed by atoms with Gasteiger partial charge in [-0.1, -0.05) is 54.6 Å². The van der Waals surface area contributed by atoms with Crippen LogP contribution < -0.4 is 9.47 Å². The number of nitrogens with one attached hydrogen (secondary N) is 1. The van der Waals surface area contributed by atoms with Crippen molar-refractivity contribution in [1.82, 2.24) is 14.8 Å². The van der Waals surface area contributed by atoms with Crippen LogP contribution in [0, 0.1) is 13.8 Å². The van der Waals surface area contributed by atoms with Gasteiger partial charge in [-0.05, 0) is 44.6 Å². The van der Waals surface area contributed by atoms with Crippen molar-refractivity contribution in [2.45, 2.75) is 39.2 Å². The lowest BCUT2D eigenvalue weighted by Gasteiger charge is -2.11. The van der Waals surface area contributed by atoms with Crippen molar-refractivity contribution in [2.75, 3.05) is 19.8 Å². The molecule has 0 bridgehead atoms. The Kier molecular flexibility index (Phi) is 6.70. The maximum Gasteiger partial charge on any atom is 0.512 e. The quantitative estimate of drug-likeness (QED) is 0.170. The molecule has 1 aliphatic heterocycles. The third-order valence-electron chi connectivity index (χ3n) is 7.52. The first kappa shape index (κ1) is 25.0. The highest BCUT2D eigenvalue weighted by atomic mass is 16.7. The maximum atomic E-state index is 11.6. The molecule has 0 aliphatic carbocycles. The standard InChI is InChI=1S/C31H31N3O5/c1-19-28(20(2)34(33-19)22-15-17-37-18-22)26-12-6-11-24-25(30(32-29(24)26)39-31(35)36)13-7-16-38-27-14-5-9-21-8-3-4-10-23(21)27/h3-6,8-12,14,22,32H,7,13,15-18H2,1-2H3,(H,35,36). The van der Waals surface area contributed by atoms with E-state index in [1.165, 1.54) is 0 Å². The van der Waals surface area contributed by atoms with Gasteiger partial charge in [0.2, 0.25) is 5.88 Å². The number of benzene rings is 3. The summed E-state index contributed by atoms with van der Waals surface area (Å²) in [5.74, 6) is 1.09. The molecule has 1 saturated heterocycles. The van der Waals surface area contributed by atoms with E-state index in [9.17, 15) is 9.90 Å². The van der Waals surface area contributed by atoms with Crippen LogP contribution in [0.3, 0.4) is 0 Å². The molecule has 1 atom stereocenters. The number of para-hydroxylation sites is 1. The van der Waals surface area contributed by atoms with Crippen LogP contribution in [0.2, 0.25) is 0 Å². The topological polar surface area (TPSA) is 98.6 Å². The number of carbonyl (C=O) groups is 1. The number of ether oxygens (including phenoxy) is 3. The smallest absolute Gasteiger partial charge is 0.493 e. The Labute approximate surface area is 226 Å². The Morgan fingerprint density at radius 3 is 2.72 bits per heavy atom. The molecule has 200 valence electrons. The number of aryl methyl sites for hydroxylation is 2. The summed E-state index contributed by atoms with van der Waals surface area (Å²) in [5, 5.41) is 17.4. The summed E-state index contributed by atoms with van der Waals surface area (Å²) in [6.07, 6.45) is 0.870. The van der Waals surface area contributed by atoms with E-state index < -0.39 is 6.16 Å². The number of hydrogen-bond donors (Lipinski definition) is 2. The average molecular weight is 526 g/mol. The first-order valence-corrected chi connectivity index (χ1v) is 13.3. The first-order valence-electron chi connectivity index (χ1n) is 13.3. The number of fused-ring (bicyclic) bond motifs is 2. The molecule has 39 heavy (non-hydrogen) atoms. The molecule has 0 saturated carbocycles. The minimum atomic E-state index is -1.35. The zero-order valence-electron chi connectivity index (χ0n) is 22.1. The Morgan fingerprint density at radius 2 is 1.90 bits per heavy atom. The minimum Gasteiger partial charge on any atom is -0.493 e. The van der Waals surface area contributed by atoms with E-state index in [0.29, 0.717) is 26.1 Å². The number of aromatic nitrogens is 3. The third-order valence-corrected chi connectivity index (χ3v) is 7.52. The Hall–Kier alpha value is -4.30. The van der Waals surface area contributed by atoms with Gasteiger partial charge >= 0.3 is 6.16 Å². The van der Waals surface area contributed by atoms with E-state index in [4.69, 9.17) is 19.3 Å². The number of nitrogens with zero attached hydrogens (tertiary/aromatic N) is 2.